The summed E-state index contributed by atoms with van der Waals surface area (Å²) in [5, 5.41) is 0. The Morgan fingerprint density at radius 2 is 1.90 bits per heavy atom. The lowest BCUT2D eigenvalue weighted by molar-refractivity contribution is 0.306. The van der Waals surface area contributed by atoms with Gasteiger partial charge in [0, 0.05) is 11.8 Å². The molecule has 1 heterocycles. The zero-order valence-corrected chi connectivity index (χ0v) is 13.9. The molecule has 0 spiro atoms. The van der Waals surface area contributed by atoms with Crippen LogP contribution in [-0.2, 0) is 27.3 Å². The van der Waals surface area contributed by atoms with Gasteiger partial charge in [0.2, 0.25) is 0 Å². The van der Waals surface area contributed by atoms with E-state index in [2.05, 4.69) is 4.98 Å². The summed E-state index contributed by atoms with van der Waals surface area (Å²) in [5.41, 5.74) is 1.84. The number of rotatable bonds is 5. The molecule has 2 rings (SSSR count). The van der Waals surface area contributed by atoms with Crippen LogP contribution in [0.3, 0.4) is 0 Å². The lowest BCUT2D eigenvalue weighted by Gasteiger charge is -2.07. The molecule has 0 unspecified atom stereocenters. The van der Waals surface area contributed by atoms with Crippen molar-refractivity contribution in [3.8, 4) is 0 Å². The third-order valence-corrected chi connectivity index (χ3v) is 5.08. The molecule has 2 aromatic rings. The fourth-order valence-corrected chi connectivity index (χ4v) is 3.01. The van der Waals surface area contributed by atoms with Crippen LogP contribution in [0.2, 0.25) is 0 Å². The Hall–Kier alpha value is -0.990. The number of aromatic nitrogens is 1. The maximum Gasteiger partial charge on any atom is 0.297 e. The van der Waals surface area contributed by atoms with E-state index in [1.165, 1.54) is 0 Å². The van der Waals surface area contributed by atoms with Crippen molar-refractivity contribution in [2.75, 3.05) is 0 Å². The quantitative estimate of drug-likeness (QED) is 0.437. The molecule has 1 aromatic carbocycles. The lowest BCUT2D eigenvalue weighted by atomic mass is 10.2. The van der Waals surface area contributed by atoms with E-state index in [9.17, 15) is 8.42 Å². The number of hydrogen-bond acceptors (Lipinski definition) is 4. The minimum absolute atomic E-state index is 0.00994. The van der Waals surface area contributed by atoms with Crippen LogP contribution in [0, 0.1) is 3.70 Å². The van der Waals surface area contributed by atoms with Crippen LogP contribution in [0.25, 0.3) is 0 Å². The maximum absolute atomic E-state index is 12.1. The molecule has 1 aromatic heterocycles. The second-order valence-corrected chi connectivity index (χ2v) is 6.80. The van der Waals surface area contributed by atoms with E-state index in [4.69, 9.17) is 4.18 Å². The molecule has 0 radical (unpaired) electrons. The van der Waals surface area contributed by atoms with Crippen LogP contribution >= 0.6 is 22.6 Å². The van der Waals surface area contributed by atoms with Crippen LogP contribution in [0.4, 0.5) is 0 Å². The average Bonchev–Trinajstić information content (AvgIpc) is 2.46. The molecular weight excluding hydrogens is 389 g/mol. The number of benzene rings is 1. The van der Waals surface area contributed by atoms with E-state index < -0.39 is 10.1 Å². The summed E-state index contributed by atoms with van der Waals surface area (Å²) in [6.45, 7) is 2.01. The van der Waals surface area contributed by atoms with Crippen molar-refractivity contribution in [3.05, 3.63) is 57.4 Å². The van der Waals surface area contributed by atoms with Gasteiger partial charge in [0.05, 0.1) is 11.5 Å². The van der Waals surface area contributed by atoms with Gasteiger partial charge in [0.1, 0.15) is 3.70 Å². The van der Waals surface area contributed by atoms with Gasteiger partial charge in [-0.2, -0.15) is 8.42 Å². The zero-order chi connectivity index (χ0) is 14.6. The fraction of sp³-hybridized carbons (Fsp3) is 0.214. The standard InChI is InChI=1S/C14H14INO3S/c1-2-11-5-7-13(8-6-11)20(17,18)19-10-12-4-3-9-16-14(12)15/h3-9H,2,10H2,1H3. The van der Waals surface area contributed by atoms with Gasteiger partial charge in [-0.15, -0.1) is 0 Å². The van der Waals surface area contributed by atoms with Crippen LogP contribution in [-0.4, -0.2) is 13.4 Å². The Kier molecular flexibility index (Phi) is 5.11. The van der Waals surface area contributed by atoms with Gasteiger partial charge < -0.3 is 0 Å². The molecule has 4 nitrogen and oxygen atoms in total. The number of nitrogens with zero attached hydrogens (tertiary/aromatic N) is 1. The Morgan fingerprint density at radius 3 is 2.50 bits per heavy atom. The smallest absolute Gasteiger partial charge is 0.261 e. The molecule has 0 atom stereocenters. The molecule has 0 aliphatic rings. The number of hydrogen-bond donors (Lipinski definition) is 0. The molecular formula is C14H14INO3S. The molecule has 0 saturated carbocycles. The van der Waals surface area contributed by atoms with E-state index in [-0.39, 0.29) is 11.5 Å². The monoisotopic (exact) mass is 403 g/mol. The molecule has 0 N–H and O–H groups in total. The highest BCUT2D eigenvalue weighted by Crippen LogP contribution is 2.17. The van der Waals surface area contributed by atoms with Gasteiger partial charge in [0.15, 0.2) is 0 Å². The Balaban J connectivity index is 2.13. The van der Waals surface area contributed by atoms with Crippen LogP contribution in [0.1, 0.15) is 18.1 Å². The summed E-state index contributed by atoms with van der Waals surface area (Å²) in [4.78, 5) is 4.26. The number of halogens is 1. The normalized spacial score (nSPS) is 11.5. The van der Waals surface area contributed by atoms with Gasteiger partial charge in [-0.1, -0.05) is 25.1 Å². The Labute approximate surface area is 132 Å². The summed E-state index contributed by atoms with van der Waals surface area (Å²) < 4.78 is 30.0. The minimum atomic E-state index is -3.73. The van der Waals surface area contributed by atoms with Gasteiger partial charge >= 0.3 is 0 Å². The predicted molar refractivity (Wildman–Crippen MR) is 84.7 cm³/mol. The molecule has 0 saturated heterocycles. The minimum Gasteiger partial charge on any atom is -0.261 e. The van der Waals surface area contributed by atoms with E-state index >= 15 is 0 Å². The first kappa shape index (κ1) is 15.4. The molecule has 0 bridgehead atoms. The SMILES string of the molecule is CCc1ccc(S(=O)(=O)OCc2cccnc2I)cc1. The highest BCUT2D eigenvalue weighted by Gasteiger charge is 2.15. The Morgan fingerprint density at radius 1 is 1.20 bits per heavy atom. The summed E-state index contributed by atoms with van der Waals surface area (Å²) in [7, 11) is -3.73. The van der Waals surface area contributed by atoms with Crippen molar-refractivity contribution in [3.63, 3.8) is 0 Å². The third kappa shape index (κ3) is 3.77. The van der Waals surface area contributed by atoms with Crippen molar-refractivity contribution < 1.29 is 12.6 Å². The second kappa shape index (κ2) is 6.64. The molecule has 0 amide bonds. The predicted octanol–water partition coefficient (Wildman–Crippen LogP) is 3.15. The maximum atomic E-state index is 12.1. The van der Waals surface area contributed by atoms with E-state index in [0.717, 1.165) is 21.2 Å². The second-order valence-electron chi connectivity index (χ2n) is 4.17. The van der Waals surface area contributed by atoms with Gasteiger partial charge in [-0.05, 0) is 52.8 Å². The molecule has 6 heteroatoms. The van der Waals surface area contributed by atoms with Crippen LogP contribution < -0.4 is 0 Å². The van der Waals surface area contributed by atoms with Gasteiger partial charge in [-0.3, -0.25) is 4.18 Å². The van der Waals surface area contributed by atoms with E-state index in [1.807, 2.05) is 29.5 Å². The first-order chi connectivity index (χ1) is 9.53. The topological polar surface area (TPSA) is 56.3 Å². The van der Waals surface area contributed by atoms with Gasteiger partial charge in [0.25, 0.3) is 10.1 Å². The molecule has 0 fully saturated rings. The molecule has 20 heavy (non-hydrogen) atoms. The summed E-state index contributed by atoms with van der Waals surface area (Å²) in [6.07, 6.45) is 2.53. The number of aryl methyl sites for hydroxylation is 1. The van der Waals surface area contributed by atoms with Crippen molar-refractivity contribution in [1.29, 1.82) is 0 Å². The van der Waals surface area contributed by atoms with Crippen molar-refractivity contribution in [1.82, 2.24) is 4.98 Å². The first-order valence-corrected chi connectivity index (χ1v) is 8.59. The summed E-state index contributed by atoms with van der Waals surface area (Å²) in [6, 6.07) is 10.3. The average molecular weight is 403 g/mol. The summed E-state index contributed by atoms with van der Waals surface area (Å²) in [5.74, 6) is 0. The Bertz CT molecular complexity index is 684. The molecule has 0 aliphatic heterocycles. The van der Waals surface area contributed by atoms with Gasteiger partial charge in [-0.25, -0.2) is 4.98 Å². The number of pyridine rings is 1. The van der Waals surface area contributed by atoms with Crippen molar-refractivity contribution in [2.24, 2.45) is 0 Å². The van der Waals surface area contributed by atoms with Crippen molar-refractivity contribution >= 4 is 32.7 Å². The molecule has 0 aliphatic carbocycles. The fourth-order valence-electron chi connectivity index (χ4n) is 1.63. The highest BCUT2D eigenvalue weighted by atomic mass is 127. The first-order valence-electron chi connectivity index (χ1n) is 6.10. The third-order valence-electron chi connectivity index (χ3n) is 2.83. The van der Waals surface area contributed by atoms with Crippen LogP contribution in [0.5, 0.6) is 0 Å². The van der Waals surface area contributed by atoms with Crippen molar-refractivity contribution in [2.45, 2.75) is 24.8 Å². The van der Waals surface area contributed by atoms with E-state index in [0.29, 0.717) is 0 Å². The largest absolute Gasteiger partial charge is 0.297 e. The van der Waals surface area contributed by atoms with Crippen LogP contribution in [0.15, 0.2) is 47.5 Å². The van der Waals surface area contributed by atoms with E-state index in [1.54, 1.807) is 42.6 Å². The zero-order valence-electron chi connectivity index (χ0n) is 10.9. The summed E-state index contributed by atoms with van der Waals surface area (Å²) >= 11 is 2.05. The lowest BCUT2D eigenvalue weighted by Crippen LogP contribution is -2.07. The highest BCUT2D eigenvalue weighted by molar-refractivity contribution is 14.1. The molecule has 106 valence electrons.